The van der Waals surface area contributed by atoms with E-state index in [1.165, 1.54) is 22.5 Å². The molecule has 0 spiro atoms. The van der Waals surface area contributed by atoms with E-state index >= 15 is 0 Å². The molecule has 0 amide bonds. The van der Waals surface area contributed by atoms with Crippen molar-refractivity contribution in [2.75, 3.05) is 19.0 Å². The van der Waals surface area contributed by atoms with Crippen LogP contribution >= 0.6 is 11.3 Å². The van der Waals surface area contributed by atoms with Gasteiger partial charge < -0.3 is 10.1 Å². The zero-order chi connectivity index (χ0) is 12.4. The van der Waals surface area contributed by atoms with Crippen LogP contribution in [0.3, 0.4) is 0 Å². The number of fused-ring (bicyclic) bond motifs is 1. The maximum atomic E-state index is 5.39. The van der Waals surface area contributed by atoms with Gasteiger partial charge in [0.05, 0.1) is 12.8 Å². The first kappa shape index (κ1) is 11.6. The summed E-state index contributed by atoms with van der Waals surface area (Å²) >= 11 is 1.85. The van der Waals surface area contributed by atoms with Crippen LogP contribution in [0.2, 0.25) is 0 Å². The molecule has 2 nitrogen and oxygen atoms in total. The van der Waals surface area contributed by atoms with Crippen molar-refractivity contribution < 1.29 is 4.74 Å². The lowest BCUT2D eigenvalue weighted by Gasteiger charge is -2.27. The molecule has 1 N–H and O–H groups in total. The SMILES string of the molecule is COc1cccc2c1NCC(Cc1cccs1)C2. The highest BCUT2D eigenvalue weighted by molar-refractivity contribution is 7.09. The van der Waals surface area contributed by atoms with E-state index in [4.69, 9.17) is 4.74 Å². The molecular weight excluding hydrogens is 242 g/mol. The molecule has 3 heteroatoms. The molecule has 1 atom stereocenters. The molecule has 1 aliphatic heterocycles. The van der Waals surface area contributed by atoms with Gasteiger partial charge in [-0.05, 0) is 41.8 Å². The van der Waals surface area contributed by atoms with Crippen LogP contribution in [-0.2, 0) is 12.8 Å². The number of thiophene rings is 1. The topological polar surface area (TPSA) is 21.3 Å². The third-order valence-electron chi connectivity index (χ3n) is 3.48. The van der Waals surface area contributed by atoms with E-state index in [9.17, 15) is 0 Å². The van der Waals surface area contributed by atoms with Crippen molar-refractivity contribution in [1.29, 1.82) is 0 Å². The molecule has 2 aromatic rings. The van der Waals surface area contributed by atoms with Gasteiger partial charge in [-0.2, -0.15) is 0 Å². The molecule has 2 heterocycles. The van der Waals surface area contributed by atoms with Crippen LogP contribution in [0, 0.1) is 5.92 Å². The molecule has 1 aliphatic rings. The lowest BCUT2D eigenvalue weighted by Crippen LogP contribution is -2.24. The summed E-state index contributed by atoms with van der Waals surface area (Å²) in [6.45, 7) is 1.03. The summed E-state index contributed by atoms with van der Waals surface area (Å²) in [5, 5.41) is 5.68. The monoisotopic (exact) mass is 259 g/mol. The molecule has 0 fully saturated rings. The summed E-state index contributed by atoms with van der Waals surface area (Å²) < 4.78 is 5.39. The van der Waals surface area contributed by atoms with Crippen LogP contribution in [0.5, 0.6) is 5.75 Å². The molecule has 0 saturated carbocycles. The highest BCUT2D eigenvalue weighted by Gasteiger charge is 2.21. The van der Waals surface area contributed by atoms with E-state index in [1.54, 1.807) is 7.11 Å². The third kappa shape index (κ3) is 2.23. The minimum atomic E-state index is 0.684. The van der Waals surface area contributed by atoms with Crippen molar-refractivity contribution in [1.82, 2.24) is 0 Å². The van der Waals surface area contributed by atoms with Gasteiger partial charge in [-0.15, -0.1) is 11.3 Å². The number of methoxy groups -OCH3 is 1. The van der Waals surface area contributed by atoms with Crippen molar-refractivity contribution in [2.45, 2.75) is 12.8 Å². The number of ether oxygens (including phenoxy) is 1. The van der Waals surface area contributed by atoms with E-state index in [0.29, 0.717) is 5.92 Å². The molecule has 0 bridgehead atoms. The predicted octanol–water partition coefficient (Wildman–Crippen LogP) is 3.58. The average Bonchev–Trinajstić information content (AvgIpc) is 2.90. The molecule has 1 aromatic heterocycles. The number of nitrogens with one attached hydrogen (secondary N) is 1. The van der Waals surface area contributed by atoms with Gasteiger partial charge in [0.1, 0.15) is 5.75 Å². The molecule has 0 saturated heterocycles. The number of hydrogen-bond acceptors (Lipinski definition) is 3. The molecule has 3 rings (SSSR count). The minimum absolute atomic E-state index is 0.684. The van der Waals surface area contributed by atoms with Gasteiger partial charge in [0.15, 0.2) is 0 Å². The Kier molecular flexibility index (Phi) is 3.24. The Bertz CT molecular complexity index is 521. The van der Waals surface area contributed by atoms with Crippen LogP contribution in [0.15, 0.2) is 35.7 Å². The highest BCUT2D eigenvalue weighted by atomic mass is 32.1. The smallest absolute Gasteiger partial charge is 0.142 e. The van der Waals surface area contributed by atoms with Crippen molar-refractivity contribution in [2.24, 2.45) is 5.92 Å². The van der Waals surface area contributed by atoms with E-state index in [1.807, 2.05) is 17.4 Å². The van der Waals surface area contributed by atoms with Gasteiger partial charge in [-0.3, -0.25) is 0 Å². The first-order chi connectivity index (χ1) is 8.86. The summed E-state index contributed by atoms with van der Waals surface area (Å²) in [5.41, 5.74) is 2.56. The standard InChI is InChI=1S/C15H17NOS/c1-17-14-6-2-4-12-8-11(10-16-15(12)14)9-13-5-3-7-18-13/h2-7,11,16H,8-10H2,1H3. The second-order valence-corrected chi connectivity index (χ2v) is 5.76. The summed E-state index contributed by atoms with van der Waals surface area (Å²) in [6.07, 6.45) is 2.30. The molecule has 18 heavy (non-hydrogen) atoms. The summed E-state index contributed by atoms with van der Waals surface area (Å²) in [6, 6.07) is 10.7. The summed E-state index contributed by atoms with van der Waals surface area (Å²) in [7, 11) is 1.73. The minimum Gasteiger partial charge on any atom is -0.495 e. The van der Waals surface area contributed by atoms with Crippen molar-refractivity contribution in [3.8, 4) is 5.75 Å². The number of para-hydroxylation sites is 1. The van der Waals surface area contributed by atoms with Crippen LogP contribution < -0.4 is 10.1 Å². The molecule has 94 valence electrons. The number of anilines is 1. The lowest BCUT2D eigenvalue weighted by molar-refractivity contribution is 0.413. The molecule has 0 radical (unpaired) electrons. The van der Waals surface area contributed by atoms with Crippen molar-refractivity contribution >= 4 is 17.0 Å². The van der Waals surface area contributed by atoms with E-state index in [-0.39, 0.29) is 0 Å². The summed E-state index contributed by atoms with van der Waals surface area (Å²) in [5.74, 6) is 1.64. The van der Waals surface area contributed by atoms with Gasteiger partial charge in [-0.1, -0.05) is 18.2 Å². The Morgan fingerprint density at radius 2 is 2.28 bits per heavy atom. The van der Waals surface area contributed by atoms with E-state index in [0.717, 1.165) is 18.7 Å². The first-order valence-corrected chi connectivity index (χ1v) is 7.17. The zero-order valence-corrected chi connectivity index (χ0v) is 11.3. The Morgan fingerprint density at radius 3 is 3.06 bits per heavy atom. The number of rotatable bonds is 3. The van der Waals surface area contributed by atoms with E-state index in [2.05, 4.69) is 35.0 Å². The maximum absolute atomic E-state index is 5.39. The predicted molar refractivity (Wildman–Crippen MR) is 76.7 cm³/mol. The lowest BCUT2D eigenvalue weighted by atomic mass is 9.91. The second-order valence-electron chi connectivity index (χ2n) is 4.73. The zero-order valence-electron chi connectivity index (χ0n) is 10.5. The Balaban J connectivity index is 1.77. The van der Waals surface area contributed by atoms with Gasteiger partial charge >= 0.3 is 0 Å². The molecule has 1 aromatic carbocycles. The Morgan fingerprint density at radius 1 is 1.33 bits per heavy atom. The molecule has 0 aliphatic carbocycles. The molecular formula is C15H17NOS. The molecule has 1 unspecified atom stereocenters. The van der Waals surface area contributed by atoms with Crippen LogP contribution in [0.25, 0.3) is 0 Å². The van der Waals surface area contributed by atoms with Crippen LogP contribution in [-0.4, -0.2) is 13.7 Å². The van der Waals surface area contributed by atoms with E-state index < -0.39 is 0 Å². The Hall–Kier alpha value is -1.48. The summed E-state index contributed by atoms with van der Waals surface area (Å²) in [4.78, 5) is 1.48. The third-order valence-corrected chi connectivity index (χ3v) is 4.38. The highest BCUT2D eigenvalue weighted by Crippen LogP contribution is 2.34. The quantitative estimate of drug-likeness (QED) is 0.909. The largest absolute Gasteiger partial charge is 0.495 e. The van der Waals surface area contributed by atoms with Gasteiger partial charge in [0.2, 0.25) is 0 Å². The fourth-order valence-electron chi connectivity index (χ4n) is 2.60. The fraction of sp³-hybridized carbons (Fsp3) is 0.333. The number of hydrogen-bond donors (Lipinski definition) is 1. The fourth-order valence-corrected chi connectivity index (χ4v) is 3.43. The van der Waals surface area contributed by atoms with Crippen molar-refractivity contribution in [3.05, 3.63) is 46.2 Å². The van der Waals surface area contributed by atoms with Gasteiger partial charge in [0.25, 0.3) is 0 Å². The normalized spacial score (nSPS) is 17.9. The van der Waals surface area contributed by atoms with Crippen LogP contribution in [0.1, 0.15) is 10.4 Å². The second kappa shape index (κ2) is 5.02. The number of benzene rings is 1. The van der Waals surface area contributed by atoms with Gasteiger partial charge in [-0.25, -0.2) is 0 Å². The van der Waals surface area contributed by atoms with Crippen molar-refractivity contribution in [3.63, 3.8) is 0 Å². The van der Waals surface area contributed by atoms with Gasteiger partial charge in [0, 0.05) is 11.4 Å². The Labute approximate surface area is 112 Å². The maximum Gasteiger partial charge on any atom is 0.142 e. The average molecular weight is 259 g/mol. The van der Waals surface area contributed by atoms with Crippen LogP contribution in [0.4, 0.5) is 5.69 Å². The first-order valence-electron chi connectivity index (χ1n) is 6.29.